The third-order valence-electron chi connectivity index (χ3n) is 10.8. The Morgan fingerprint density at radius 1 is 0.870 bits per heavy atom. The molecule has 4 heterocycles. The fourth-order valence-electron chi connectivity index (χ4n) is 7.90. The molecule has 1 aliphatic carbocycles. The van der Waals surface area contributed by atoms with Crippen molar-refractivity contribution in [3.8, 4) is 0 Å². The quantitative estimate of drug-likeness (QED) is 0.0866. The maximum atomic E-state index is 13.6. The predicted octanol–water partition coefficient (Wildman–Crippen LogP) is 4.76. The molecule has 13 nitrogen and oxygen atoms in total. The van der Waals surface area contributed by atoms with Gasteiger partial charge in [0.15, 0.2) is 0 Å². The second-order valence-electron chi connectivity index (χ2n) is 13.8. The molecule has 4 aromatic rings. The van der Waals surface area contributed by atoms with Crippen LogP contribution in [0.1, 0.15) is 67.8 Å². The van der Waals surface area contributed by atoms with Crippen molar-refractivity contribution in [3.05, 3.63) is 124 Å². The molecule has 4 aliphatic rings. The highest BCUT2D eigenvalue weighted by Crippen LogP contribution is 2.35. The first-order chi connectivity index (χ1) is 26.2. The number of imide groups is 2. The number of aromatic nitrogens is 1. The molecule has 3 aromatic carbocycles. The van der Waals surface area contributed by atoms with Gasteiger partial charge in [0, 0.05) is 85.0 Å². The number of hydrogen-bond donors (Lipinski definition) is 4. The first kappa shape index (κ1) is 34.5. The largest absolute Gasteiger partial charge is 0.411 e. The first-order valence-electron chi connectivity index (χ1n) is 18.0. The Bertz CT molecular complexity index is 2280. The minimum absolute atomic E-state index is 0.0777. The highest BCUT2D eigenvalue weighted by atomic mass is 16.4. The lowest BCUT2D eigenvalue weighted by molar-refractivity contribution is -0.136. The Morgan fingerprint density at radius 2 is 1.59 bits per heavy atom. The van der Waals surface area contributed by atoms with Gasteiger partial charge < -0.3 is 20.3 Å². The molecule has 4 amide bonds. The highest BCUT2D eigenvalue weighted by molar-refractivity contribution is 6.30. The Hall–Kier alpha value is -6.63. The van der Waals surface area contributed by atoms with E-state index >= 15 is 0 Å². The number of rotatable bonds is 8. The van der Waals surface area contributed by atoms with Crippen molar-refractivity contribution in [1.82, 2.24) is 15.2 Å². The number of piperidine rings is 1. The zero-order valence-corrected chi connectivity index (χ0v) is 29.6. The van der Waals surface area contributed by atoms with Crippen LogP contribution in [-0.2, 0) is 16.0 Å². The summed E-state index contributed by atoms with van der Waals surface area (Å²) in [6, 6.07) is 20.3. The molecule has 1 unspecified atom stereocenters. The third kappa shape index (κ3) is 6.16. The summed E-state index contributed by atoms with van der Waals surface area (Å²) in [5.74, 6) is -2.02. The number of allylic oxidation sites excluding steroid dienone is 1. The van der Waals surface area contributed by atoms with E-state index < -0.39 is 29.7 Å². The van der Waals surface area contributed by atoms with Crippen LogP contribution in [0, 0.1) is 12.3 Å². The van der Waals surface area contributed by atoms with Crippen molar-refractivity contribution in [2.45, 2.75) is 38.6 Å². The lowest BCUT2D eigenvalue weighted by Gasteiger charge is -2.38. The average molecular weight is 723 g/mol. The fraction of sp³-hybridized carbons (Fsp3) is 0.244. The number of anilines is 3. The lowest BCUT2D eigenvalue weighted by atomic mass is 9.94. The summed E-state index contributed by atoms with van der Waals surface area (Å²) in [4.78, 5) is 60.6. The van der Waals surface area contributed by atoms with E-state index in [1.807, 2.05) is 55.6 Å². The summed E-state index contributed by atoms with van der Waals surface area (Å²) in [6.07, 6.45) is 6.86. The Balaban J connectivity index is 0.948. The molecule has 0 saturated carbocycles. The van der Waals surface area contributed by atoms with Gasteiger partial charge in [0.25, 0.3) is 11.8 Å². The fourth-order valence-corrected chi connectivity index (χ4v) is 7.90. The molecule has 0 radical (unpaired) electrons. The highest BCUT2D eigenvalue weighted by Gasteiger charge is 2.45. The van der Waals surface area contributed by atoms with Gasteiger partial charge in [-0.2, -0.15) is 0 Å². The van der Waals surface area contributed by atoms with Crippen molar-refractivity contribution >= 4 is 57.7 Å². The van der Waals surface area contributed by atoms with Gasteiger partial charge in [-0.15, -0.1) is 0 Å². The van der Waals surface area contributed by atoms with E-state index in [4.69, 9.17) is 5.41 Å². The van der Waals surface area contributed by atoms with Crippen molar-refractivity contribution < 1.29 is 24.4 Å². The zero-order chi connectivity index (χ0) is 37.5. The van der Waals surface area contributed by atoms with Crippen molar-refractivity contribution in [1.29, 1.82) is 5.41 Å². The summed E-state index contributed by atoms with van der Waals surface area (Å²) in [5.41, 5.74) is 9.54. The molecule has 2 saturated heterocycles. The van der Waals surface area contributed by atoms with Crippen LogP contribution in [0.4, 0.5) is 17.1 Å². The number of amides is 4. The summed E-state index contributed by atoms with van der Waals surface area (Å²) in [6.45, 7) is 4.73. The first-order valence-corrected chi connectivity index (χ1v) is 18.0. The van der Waals surface area contributed by atoms with Crippen LogP contribution in [0.25, 0.3) is 5.57 Å². The van der Waals surface area contributed by atoms with E-state index in [1.54, 1.807) is 18.5 Å². The van der Waals surface area contributed by atoms with Crippen LogP contribution in [0.5, 0.6) is 0 Å². The zero-order valence-electron chi connectivity index (χ0n) is 29.6. The summed E-state index contributed by atoms with van der Waals surface area (Å²) in [5, 5.41) is 27.6. The van der Waals surface area contributed by atoms with Crippen LogP contribution in [-0.4, -0.2) is 82.4 Å². The summed E-state index contributed by atoms with van der Waals surface area (Å²) >= 11 is 0. The Kier molecular flexibility index (Phi) is 8.98. The molecule has 0 bridgehead atoms. The summed E-state index contributed by atoms with van der Waals surface area (Å²) in [7, 11) is 0. The molecule has 2 fully saturated rings. The van der Waals surface area contributed by atoms with Gasteiger partial charge in [-0.3, -0.25) is 39.8 Å². The third-order valence-corrected chi connectivity index (χ3v) is 10.8. The van der Waals surface area contributed by atoms with Gasteiger partial charge in [0.1, 0.15) is 6.04 Å². The van der Waals surface area contributed by atoms with Gasteiger partial charge in [-0.25, -0.2) is 0 Å². The number of carbonyl (C=O) groups excluding carboxylic acids is 4. The van der Waals surface area contributed by atoms with E-state index in [0.717, 1.165) is 69.3 Å². The van der Waals surface area contributed by atoms with Crippen LogP contribution >= 0.6 is 0 Å². The minimum atomic E-state index is -0.997. The Labute approximate surface area is 311 Å². The number of pyridine rings is 1. The molecule has 13 heteroatoms. The monoisotopic (exact) mass is 722 g/mol. The van der Waals surface area contributed by atoms with Gasteiger partial charge >= 0.3 is 0 Å². The van der Waals surface area contributed by atoms with Crippen molar-refractivity contribution in [2.24, 2.45) is 5.16 Å². The molecule has 4 N–H and O–H groups in total. The lowest BCUT2D eigenvalue weighted by Crippen LogP contribution is -2.54. The molecule has 0 spiro atoms. The molecule has 54 heavy (non-hydrogen) atoms. The topological polar surface area (TPSA) is 171 Å². The SMILES string of the molecule is Cc1c(N2CCN(c3ccc(N/C=C(\C(=N)c4ccncc4)c4ccc5c(c4)CC/C5=N\O)cc3)CC2)ccc2c1C(=O)N(C1CCC(=O)NC1=O)C2=O. The van der Waals surface area contributed by atoms with E-state index in [1.165, 1.54) is 0 Å². The normalized spacial score (nSPS) is 19.3. The maximum Gasteiger partial charge on any atom is 0.262 e. The molecule has 1 atom stereocenters. The van der Waals surface area contributed by atoms with Crippen LogP contribution in [0.3, 0.4) is 0 Å². The van der Waals surface area contributed by atoms with Gasteiger partial charge in [0.05, 0.1) is 22.6 Å². The minimum Gasteiger partial charge on any atom is -0.411 e. The number of hydrogen-bond acceptors (Lipinski definition) is 11. The average Bonchev–Trinajstić information content (AvgIpc) is 3.72. The van der Waals surface area contributed by atoms with Crippen LogP contribution < -0.4 is 20.4 Å². The second kappa shape index (κ2) is 14.1. The van der Waals surface area contributed by atoms with E-state index in [9.17, 15) is 24.4 Å². The molecule has 272 valence electrons. The second-order valence-corrected chi connectivity index (χ2v) is 13.8. The number of aryl methyl sites for hydroxylation is 1. The number of fused-ring (bicyclic) bond motifs is 2. The van der Waals surface area contributed by atoms with Crippen molar-refractivity contribution in [2.75, 3.05) is 41.3 Å². The molecular formula is C41H38N8O5. The molecular weight excluding hydrogens is 685 g/mol. The van der Waals surface area contributed by atoms with E-state index in [-0.39, 0.29) is 18.4 Å². The molecule has 3 aliphatic heterocycles. The molecule has 8 rings (SSSR count). The van der Waals surface area contributed by atoms with Crippen LogP contribution in [0.15, 0.2) is 90.5 Å². The van der Waals surface area contributed by atoms with Crippen LogP contribution in [0.2, 0.25) is 0 Å². The number of nitrogens with zero attached hydrogens (tertiary/aromatic N) is 5. The smallest absolute Gasteiger partial charge is 0.262 e. The number of benzene rings is 3. The van der Waals surface area contributed by atoms with Gasteiger partial charge in [-0.1, -0.05) is 23.4 Å². The van der Waals surface area contributed by atoms with E-state index in [0.29, 0.717) is 42.1 Å². The Morgan fingerprint density at radius 3 is 2.31 bits per heavy atom. The van der Waals surface area contributed by atoms with Gasteiger partial charge in [0.2, 0.25) is 11.8 Å². The maximum absolute atomic E-state index is 13.6. The number of oxime groups is 1. The predicted molar refractivity (Wildman–Crippen MR) is 204 cm³/mol. The number of nitrogens with one attached hydrogen (secondary N) is 3. The van der Waals surface area contributed by atoms with Gasteiger partial charge in [-0.05, 0) is 91.4 Å². The number of carbonyl (C=O) groups is 4. The molecule has 1 aromatic heterocycles. The van der Waals surface area contributed by atoms with Crippen molar-refractivity contribution in [3.63, 3.8) is 0 Å². The number of piperazine rings is 1. The van der Waals surface area contributed by atoms with E-state index in [2.05, 4.69) is 48.8 Å². The standard InChI is InChI=1S/C41H38N8O5/c1-24-34(11-9-31-37(24)41(53)49(40(31)52)35-12-13-36(50)45-39(35)51)48-20-18-47(19-21-48)29-6-4-28(5-7-29)44-23-32(38(42)25-14-16-43-17-15-25)27-2-8-30-26(22-27)3-10-33(30)46-54/h2,4-9,11,14-17,22-23,35,42,44,54H,3,10,12-13,18-21H2,1H3,(H,45,50,51)/b32-23-,42-38?,46-33+. The summed E-state index contributed by atoms with van der Waals surface area (Å²) < 4.78 is 0.